The van der Waals surface area contributed by atoms with E-state index in [0.717, 1.165) is 60.3 Å². The van der Waals surface area contributed by atoms with Crippen LogP contribution in [0.5, 0.6) is 0 Å². The molecule has 1 saturated heterocycles. The summed E-state index contributed by atoms with van der Waals surface area (Å²) < 4.78 is 37.8. The predicted molar refractivity (Wildman–Crippen MR) is 153 cm³/mol. The Balaban J connectivity index is 1.35. The summed E-state index contributed by atoms with van der Waals surface area (Å²) in [4.78, 5) is 25.6. The fourth-order valence-corrected chi connectivity index (χ4v) is 8.35. The largest absolute Gasteiger partial charge is 0.369 e. The third kappa shape index (κ3) is 5.54. The van der Waals surface area contributed by atoms with E-state index in [1.165, 1.54) is 23.6 Å². The van der Waals surface area contributed by atoms with Gasteiger partial charge in [-0.15, -0.1) is 11.3 Å². The highest BCUT2D eigenvalue weighted by Crippen LogP contribution is 2.51. The van der Waals surface area contributed by atoms with E-state index in [1.807, 2.05) is 24.3 Å². The molecule has 0 N–H and O–H groups in total. The number of carbonyl (C=O) groups is 1. The molecule has 0 radical (unpaired) electrons. The molecule has 3 heterocycles. The summed E-state index contributed by atoms with van der Waals surface area (Å²) in [6.45, 7) is 0.945. The Bertz CT molecular complexity index is 1560. The maximum atomic E-state index is 14.1. The standard InChI is InChI=1S/C30H31FN4O3S2/c31-22-15-21(17-33-18-22)29-34-27(25-4-2-1-3-24(25)26(36)16-30(19-32)9-10-30)28(39-29)20-5-7-23(8-6-20)35-11-13-40(37,38)14-12-35/h5-8,15,17-18,24-25H,1-4,9-14,16H2/t24-,25-/m1/s1. The molecule has 0 amide bonds. The van der Waals surface area contributed by atoms with Gasteiger partial charge in [-0.1, -0.05) is 25.0 Å². The van der Waals surface area contributed by atoms with Gasteiger partial charge in [-0.3, -0.25) is 9.78 Å². The van der Waals surface area contributed by atoms with E-state index >= 15 is 0 Å². The predicted octanol–water partition coefficient (Wildman–Crippen LogP) is 5.78. The van der Waals surface area contributed by atoms with Crippen molar-refractivity contribution in [2.75, 3.05) is 29.5 Å². The summed E-state index contributed by atoms with van der Waals surface area (Å²) in [6.07, 6.45) is 8.28. The molecule has 3 aromatic rings. The van der Waals surface area contributed by atoms with Gasteiger partial charge in [0, 0.05) is 48.8 Å². The zero-order chi connectivity index (χ0) is 27.9. The van der Waals surface area contributed by atoms with Gasteiger partial charge in [0.2, 0.25) is 0 Å². The lowest BCUT2D eigenvalue weighted by atomic mass is 9.73. The van der Waals surface area contributed by atoms with Crippen molar-refractivity contribution in [1.82, 2.24) is 9.97 Å². The lowest BCUT2D eigenvalue weighted by molar-refractivity contribution is -0.125. The number of thiazole rings is 1. The van der Waals surface area contributed by atoms with Crippen molar-refractivity contribution < 1.29 is 17.6 Å². The minimum absolute atomic E-state index is 0.0655. The van der Waals surface area contributed by atoms with Crippen molar-refractivity contribution in [2.24, 2.45) is 11.3 Å². The third-order valence-corrected chi connectivity index (χ3v) is 11.4. The molecule has 2 atom stereocenters. The fraction of sp³-hybridized carbons (Fsp3) is 0.467. The Kier molecular flexibility index (Phi) is 7.21. The van der Waals surface area contributed by atoms with Gasteiger partial charge in [0.15, 0.2) is 9.84 Å². The van der Waals surface area contributed by atoms with Crippen molar-refractivity contribution in [3.8, 4) is 27.1 Å². The van der Waals surface area contributed by atoms with E-state index in [0.29, 0.717) is 30.1 Å². The van der Waals surface area contributed by atoms with Gasteiger partial charge in [-0.05, 0) is 49.4 Å². The van der Waals surface area contributed by atoms with Crippen LogP contribution >= 0.6 is 11.3 Å². The molecule has 208 valence electrons. The smallest absolute Gasteiger partial charge is 0.153 e. The maximum absolute atomic E-state index is 14.1. The molecule has 2 aliphatic carbocycles. The molecular formula is C30H31FN4O3S2. The molecular weight excluding hydrogens is 547 g/mol. The monoisotopic (exact) mass is 578 g/mol. The number of sulfone groups is 1. The topological polar surface area (TPSA) is 104 Å². The first-order chi connectivity index (χ1) is 19.3. The average Bonchev–Trinajstić information content (AvgIpc) is 3.59. The Morgan fingerprint density at radius 3 is 2.50 bits per heavy atom. The number of carbonyl (C=O) groups excluding carboxylic acids is 1. The second-order valence-corrected chi connectivity index (χ2v) is 14.6. The maximum Gasteiger partial charge on any atom is 0.153 e. The number of pyridine rings is 1. The molecule has 0 unspecified atom stereocenters. The van der Waals surface area contributed by atoms with E-state index in [1.54, 1.807) is 6.20 Å². The van der Waals surface area contributed by atoms with Crippen LogP contribution in [0.25, 0.3) is 21.0 Å². The molecule has 1 aliphatic heterocycles. The van der Waals surface area contributed by atoms with Crippen LogP contribution in [-0.2, 0) is 14.6 Å². The summed E-state index contributed by atoms with van der Waals surface area (Å²) in [6, 6.07) is 11.9. The Labute approximate surface area is 238 Å². The van der Waals surface area contributed by atoms with Crippen molar-refractivity contribution in [2.45, 2.75) is 50.9 Å². The number of rotatable bonds is 7. The molecule has 0 bridgehead atoms. The van der Waals surface area contributed by atoms with E-state index < -0.39 is 21.1 Å². The van der Waals surface area contributed by atoms with Crippen molar-refractivity contribution in [3.63, 3.8) is 0 Å². The van der Waals surface area contributed by atoms with Gasteiger partial charge in [0.25, 0.3) is 0 Å². The number of nitrogens with zero attached hydrogens (tertiary/aromatic N) is 4. The van der Waals surface area contributed by atoms with Crippen LogP contribution in [0.4, 0.5) is 10.1 Å². The van der Waals surface area contributed by atoms with Gasteiger partial charge in [-0.2, -0.15) is 5.26 Å². The highest BCUT2D eigenvalue weighted by atomic mass is 32.2. The third-order valence-electron chi connectivity index (χ3n) is 8.58. The van der Waals surface area contributed by atoms with Gasteiger partial charge in [0.1, 0.15) is 16.6 Å². The van der Waals surface area contributed by atoms with Gasteiger partial charge >= 0.3 is 0 Å². The lowest BCUT2D eigenvalue weighted by Crippen LogP contribution is -2.40. The summed E-state index contributed by atoms with van der Waals surface area (Å²) in [7, 11) is -2.97. The molecule has 2 aromatic heterocycles. The normalized spacial score (nSPS) is 23.4. The number of anilines is 1. The van der Waals surface area contributed by atoms with Gasteiger partial charge in [0.05, 0.1) is 39.8 Å². The zero-order valence-electron chi connectivity index (χ0n) is 22.2. The number of ketones is 1. The molecule has 3 fully saturated rings. The van der Waals surface area contributed by atoms with Crippen molar-refractivity contribution in [3.05, 3.63) is 54.2 Å². The highest BCUT2D eigenvalue weighted by Gasteiger charge is 2.47. The second-order valence-electron chi connectivity index (χ2n) is 11.3. The summed E-state index contributed by atoms with van der Waals surface area (Å²) in [5.74, 6) is -0.211. The summed E-state index contributed by atoms with van der Waals surface area (Å²) in [5.41, 5.74) is 2.91. The Morgan fingerprint density at radius 1 is 1.10 bits per heavy atom. The van der Waals surface area contributed by atoms with Crippen LogP contribution in [0, 0.1) is 28.5 Å². The van der Waals surface area contributed by atoms with Crippen LogP contribution in [-0.4, -0.2) is 48.8 Å². The SMILES string of the molecule is N#CC1(CC(=O)[C@@H]2CCCC[C@H]2c2nc(-c3cncc(F)c3)sc2-c2ccc(N3CCS(=O)(=O)CC3)cc2)CC1. The lowest BCUT2D eigenvalue weighted by Gasteiger charge is -2.31. The number of halogens is 1. The first-order valence-corrected chi connectivity index (χ1v) is 16.5. The highest BCUT2D eigenvalue weighted by molar-refractivity contribution is 7.91. The van der Waals surface area contributed by atoms with Crippen LogP contribution in [0.2, 0.25) is 0 Å². The van der Waals surface area contributed by atoms with Crippen molar-refractivity contribution >= 4 is 32.6 Å². The zero-order valence-corrected chi connectivity index (χ0v) is 23.8. The van der Waals surface area contributed by atoms with Crippen LogP contribution < -0.4 is 4.90 Å². The van der Waals surface area contributed by atoms with Crippen LogP contribution in [0.1, 0.15) is 56.6 Å². The number of Topliss-reactive ketones (excluding diaryl/α,β-unsaturated/α-hetero) is 1. The minimum atomic E-state index is -2.97. The quantitative estimate of drug-likeness (QED) is 0.350. The molecule has 7 nitrogen and oxygen atoms in total. The summed E-state index contributed by atoms with van der Waals surface area (Å²) in [5, 5.41) is 10.3. The number of aromatic nitrogens is 2. The minimum Gasteiger partial charge on any atom is -0.369 e. The van der Waals surface area contributed by atoms with Crippen LogP contribution in [0.3, 0.4) is 0 Å². The fourth-order valence-electron chi connectivity index (χ4n) is 6.02. The van der Waals surface area contributed by atoms with E-state index in [9.17, 15) is 22.9 Å². The molecule has 10 heteroatoms. The molecule has 3 aliphatic rings. The van der Waals surface area contributed by atoms with E-state index in [4.69, 9.17) is 4.98 Å². The molecule has 2 saturated carbocycles. The Morgan fingerprint density at radius 2 is 1.82 bits per heavy atom. The number of hydrogen-bond donors (Lipinski definition) is 0. The molecule has 6 rings (SSSR count). The molecule has 0 spiro atoms. The van der Waals surface area contributed by atoms with Crippen LogP contribution in [0.15, 0.2) is 42.7 Å². The first-order valence-electron chi connectivity index (χ1n) is 13.9. The first kappa shape index (κ1) is 27.0. The number of hydrogen-bond acceptors (Lipinski definition) is 8. The molecule has 40 heavy (non-hydrogen) atoms. The second kappa shape index (κ2) is 10.7. The van der Waals surface area contributed by atoms with E-state index in [2.05, 4.69) is 16.0 Å². The van der Waals surface area contributed by atoms with Gasteiger partial charge < -0.3 is 4.90 Å². The van der Waals surface area contributed by atoms with Crippen molar-refractivity contribution in [1.29, 1.82) is 5.26 Å². The Hall–Kier alpha value is -3.16. The number of nitriles is 1. The summed E-state index contributed by atoms with van der Waals surface area (Å²) >= 11 is 1.48. The number of benzene rings is 1. The molecule has 1 aromatic carbocycles. The van der Waals surface area contributed by atoms with Gasteiger partial charge in [-0.25, -0.2) is 17.8 Å². The average molecular weight is 579 g/mol. The van der Waals surface area contributed by atoms with E-state index in [-0.39, 0.29) is 29.1 Å².